The van der Waals surface area contributed by atoms with E-state index in [1.807, 2.05) is 27.7 Å². The standard InChI is InChI=1S/C20H26O4/c1-7-23-19(21)13-17(11-15(3)4)9-10-18(12-16(5)6)14-20(22)24-8-2/h7-8,13-14H2,1-6H3. The van der Waals surface area contributed by atoms with Crippen LogP contribution in [0.2, 0.25) is 0 Å². The largest absolute Gasteiger partial charge is 0.466 e. The highest BCUT2D eigenvalue weighted by atomic mass is 16.5. The van der Waals surface area contributed by atoms with Crippen molar-refractivity contribution in [1.29, 1.82) is 0 Å². The zero-order chi connectivity index (χ0) is 18.5. The van der Waals surface area contributed by atoms with Gasteiger partial charge in [-0.2, -0.15) is 0 Å². The molecule has 0 atom stereocenters. The molecule has 4 nitrogen and oxygen atoms in total. The van der Waals surface area contributed by atoms with E-state index in [0.717, 1.165) is 11.1 Å². The lowest BCUT2D eigenvalue weighted by Crippen LogP contribution is -2.05. The molecule has 0 aliphatic rings. The highest BCUT2D eigenvalue weighted by Crippen LogP contribution is 2.06. The molecule has 0 aromatic heterocycles. The summed E-state index contributed by atoms with van der Waals surface area (Å²) >= 11 is 0. The van der Waals surface area contributed by atoms with Gasteiger partial charge < -0.3 is 9.47 Å². The van der Waals surface area contributed by atoms with Crippen LogP contribution in [-0.4, -0.2) is 25.2 Å². The maximum atomic E-state index is 11.7. The van der Waals surface area contributed by atoms with Crippen LogP contribution in [0, 0.1) is 11.8 Å². The molecular weight excluding hydrogens is 304 g/mol. The van der Waals surface area contributed by atoms with Crippen LogP contribution in [0.1, 0.15) is 54.4 Å². The van der Waals surface area contributed by atoms with Crippen LogP contribution in [0.15, 0.2) is 33.8 Å². The third-order valence-corrected chi connectivity index (χ3v) is 2.42. The molecule has 0 fully saturated rings. The van der Waals surface area contributed by atoms with E-state index in [9.17, 15) is 9.59 Å². The van der Waals surface area contributed by atoms with E-state index < -0.39 is 0 Å². The summed E-state index contributed by atoms with van der Waals surface area (Å²) in [6, 6.07) is 0. The third kappa shape index (κ3) is 11.2. The van der Waals surface area contributed by atoms with Gasteiger partial charge in [0.2, 0.25) is 0 Å². The van der Waals surface area contributed by atoms with Gasteiger partial charge in [0, 0.05) is 0 Å². The molecule has 4 heteroatoms. The van der Waals surface area contributed by atoms with E-state index >= 15 is 0 Å². The van der Waals surface area contributed by atoms with Crippen LogP contribution in [0.5, 0.6) is 0 Å². The maximum Gasteiger partial charge on any atom is 0.311 e. The van der Waals surface area contributed by atoms with Gasteiger partial charge in [-0.3, -0.25) is 9.59 Å². The van der Waals surface area contributed by atoms with Crippen molar-refractivity contribution in [2.75, 3.05) is 13.2 Å². The average Bonchev–Trinajstić information content (AvgIpc) is 2.43. The Bertz CT molecular complexity index is 591. The van der Waals surface area contributed by atoms with Gasteiger partial charge in [0.1, 0.15) is 0 Å². The second kappa shape index (κ2) is 12.0. The molecule has 0 saturated heterocycles. The van der Waals surface area contributed by atoms with Crippen molar-refractivity contribution in [3.8, 4) is 11.8 Å². The minimum atomic E-state index is -0.353. The molecule has 0 unspecified atom stereocenters. The van der Waals surface area contributed by atoms with Gasteiger partial charge in [0.15, 0.2) is 0 Å². The molecule has 0 radical (unpaired) electrons. The molecular formula is C20H26O4. The van der Waals surface area contributed by atoms with Crippen molar-refractivity contribution in [2.24, 2.45) is 0 Å². The number of carbonyl (C=O) groups excluding carboxylic acids is 2. The quantitative estimate of drug-likeness (QED) is 0.421. The first-order chi connectivity index (χ1) is 11.3. The predicted molar refractivity (Wildman–Crippen MR) is 94.1 cm³/mol. The van der Waals surface area contributed by atoms with E-state index in [1.165, 1.54) is 0 Å². The summed E-state index contributed by atoms with van der Waals surface area (Å²) in [4.78, 5) is 23.3. The van der Waals surface area contributed by atoms with E-state index in [2.05, 4.69) is 23.3 Å². The van der Waals surface area contributed by atoms with E-state index in [-0.39, 0.29) is 24.8 Å². The van der Waals surface area contributed by atoms with Crippen LogP contribution >= 0.6 is 0 Å². The Labute approximate surface area is 144 Å². The Morgan fingerprint density at radius 3 is 1.29 bits per heavy atom. The van der Waals surface area contributed by atoms with Crippen molar-refractivity contribution >= 4 is 11.9 Å². The first-order valence-corrected chi connectivity index (χ1v) is 7.97. The summed E-state index contributed by atoms with van der Waals surface area (Å²) < 4.78 is 9.89. The highest BCUT2D eigenvalue weighted by molar-refractivity contribution is 5.75. The summed E-state index contributed by atoms with van der Waals surface area (Å²) in [7, 11) is 0. The molecule has 0 rings (SSSR count). The topological polar surface area (TPSA) is 52.6 Å². The summed E-state index contributed by atoms with van der Waals surface area (Å²) in [5.41, 5.74) is 8.95. The van der Waals surface area contributed by atoms with Crippen molar-refractivity contribution in [2.45, 2.75) is 54.4 Å². The van der Waals surface area contributed by atoms with E-state index in [1.54, 1.807) is 13.8 Å². The first kappa shape index (κ1) is 21.5. The molecule has 0 saturated carbocycles. The van der Waals surface area contributed by atoms with Gasteiger partial charge in [-0.15, -0.1) is 11.5 Å². The summed E-state index contributed by atoms with van der Waals surface area (Å²) in [6.45, 7) is 11.6. The Morgan fingerprint density at radius 2 is 1.04 bits per heavy atom. The van der Waals surface area contributed by atoms with Crippen LogP contribution in [0.25, 0.3) is 0 Å². The fraction of sp³-hybridized carbons (Fsp3) is 0.500. The molecule has 0 N–H and O–H groups in total. The second-order valence-corrected chi connectivity index (χ2v) is 5.42. The summed E-state index contributed by atoms with van der Waals surface area (Å²) in [5, 5.41) is 0. The van der Waals surface area contributed by atoms with Gasteiger partial charge in [0.25, 0.3) is 0 Å². The summed E-state index contributed by atoms with van der Waals surface area (Å²) in [6.07, 6.45) is 0.0983. The van der Waals surface area contributed by atoms with Crippen molar-refractivity contribution in [1.82, 2.24) is 0 Å². The maximum absolute atomic E-state index is 11.7. The molecule has 24 heavy (non-hydrogen) atoms. The summed E-state index contributed by atoms with van der Waals surface area (Å²) in [5.74, 6) is 5.11. The zero-order valence-corrected chi connectivity index (χ0v) is 15.5. The van der Waals surface area contributed by atoms with E-state index in [4.69, 9.17) is 9.47 Å². The number of hydrogen-bond donors (Lipinski definition) is 0. The van der Waals surface area contributed by atoms with Gasteiger partial charge >= 0.3 is 11.9 Å². The Balaban J connectivity index is 5.58. The number of carbonyl (C=O) groups is 2. The Kier molecular flexibility index (Phi) is 10.8. The molecule has 130 valence electrons. The lowest BCUT2D eigenvalue weighted by molar-refractivity contribution is -0.143. The van der Waals surface area contributed by atoms with Gasteiger partial charge in [0.05, 0.1) is 37.2 Å². The molecule has 0 aromatic carbocycles. The molecule has 0 bridgehead atoms. The van der Waals surface area contributed by atoms with Gasteiger partial charge in [-0.25, -0.2) is 0 Å². The number of ether oxygens (including phenoxy) is 2. The minimum Gasteiger partial charge on any atom is -0.466 e. The fourth-order valence-electron chi connectivity index (χ4n) is 1.71. The number of esters is 2. The van der Waals surface area contributed by atoms with Crippen molar-refractivity contribution in [3.05, 3.63) is 33.8 Å². The minimum absolute atomic E-state index is 0.0491. The van der Waals surface area contributed by atoms with Crippen LogP contribution in [0.3, 0.4) is 0 Å². The molecule has 0 aliphatic heterocycles. The highest BCUT2D eigenvalue weighted by Gasteiger charge is 2.07. The molecule has 0 spiro atoms. The SMILES string of the molecule is CCOC(=O)CC(=C=C(C)C)C#CC(=C=C(C)C)CC(=O)OCC. The smallest absolute Gasteiger partial charge is 0.311 e. The van der Waals surface area contributed by atoms with Crippen LogP contribution < -0.4 is 0 Å². The second-order valence-electron chi connectivity index (χ2n) is 5.42. The van der Waals surface area contributed by atoms with Crippen LogP contribution in [-0.2, 0) is 19.1 Å². The molecule has 0 amide bonds. The van der Waals surface area contributed by atoms with Crippen molar-refractivity contribution in [3.63, 3.8) is 0 Å². The average molecular weight is 330 g/mol. The fourth-order valence-corrected chi connectivity index (χ4v) is 1.71. The Morgan fingerprint density at radius 1 is 0.708 bits per heavy atom. The Hall–Kier alpha value is -2.46. The predicted octanol–water partition coefficient (Wildman–Crippen LogP) is 3.88. The lowest BCUT2D eigenvalue weighted by Gasteiger charge is -2.01. The van der Waals surface area contributed by atoms with Crippen molar-refractivity contribution < 1.29 is 19.1 Å². The first-order valence-electron chi connectivity index (χ1n) is 7.97. The lowest BCUT2D eigenvalue weighted by atomic mass is 10.1. The molecule has 0 heterocycles. The monoisotopic (exact) mass is 330 g/mol. The van der Waals surface area contributed by atoms with Crippen LogP contribution in [0.4, 0.5) is 0 Å². The van der Waals surface area contributed by atoms with Gasteiger partial charge in [-0.1, -0.05) is 11.8 Å². The molecule has 0 aromatic rings. The molecule has 0 aliphatic carbocycles. The normalized spacial score (nSPS) is 8.75. The number of hydrogen-bond acceptors (Lipinski definition) is 4. The number of rotatable bonds is 6. The van der Waals surface area contributed by atoms with E-state index in [0.29, 0.717) is 24.4 Å². The third-order valence-electron chi connectivity index (χ3n) is 2.42. The zero-order valence-electron chi connectivity index (χ0n) is 15.5. The van der Waals surface area contributed by atoms with Gasteiger partial charge in [-0.05, 0) is 52.7 Å².